The highest BCUT2D eigenvalue weighted by molar-refractivity contribution is 5.85. The summed E-state index contributed by atoms with van der Waals surface area (Å²) >= 11 is 0. The average molecular weight is 361 g/mol. The van der Waals surface area contributed by atoms with E-state index >= 15 is 0 Å². The molecule has 7 heteroatoms. The van der Waals surface area contributed by atoms with Gasteiger partial charge in [-0.2, -0.15) is 0 Å². The van der Waals surface area contributed by atoms with Crippen molar-refractivity contribution >= 4 is 24.3 Å². The van der Waals surface area contributed by atoms with Crippen LogP contribution in [0.4, 0.5) is 4.79 Å². The molecular weight excluding hydrogens is 328 g/mol. The van der Waals surface area contributed by atoms with Crippen molar-refractivity contribution in [2.45, 2.75) is 52.6 Å². The van der Waals surface area contributed by atoms with Crippen LogP contribution in [0.25, 0.3) is 0 Å². The molecule has 0 bridgehead atoms. The largest absolute Gasteiger partial charge is 0.338 e. The van der Waals surface area contributed by atoms with Crippen LogP contribution in [-0.2, 0) is 4.79 Å². The van der Waals surface area contributed by atoms with Gasteiger partial charge in [-0.3, -0.25) is 4.79 Å². The lowest BCUT2D eigenvalue weighted by Crippen LogP contribution is -2.59. The lowest BCUT2D eigenvalue weighted by molar-refractivity contribution is -0.140. The molecule has 2 fully saturated rings. The van der Waals surface area contributed by atoms with Gasteiger partial charge in [0.1, 0.15) is 0 Å². The molecule has 0 aromatic rings. The fourth-order valence-electron chi connectivity index (χ4n) is 3.37. The number of rotatable bonds is 3. The van der Waals surface area contributed by atoms with Gasteiger partial charge in [0.05, 0.1) is 5.92 Å². The van der Waals surface area contributed by atoms with Crippen LogP contribution in [0.5, 0.6) is 0 Å². The van der Waals surface area contributed by atoms with Crippen LogP contribution in [0.3, 0.4) is 0 Å². The highest BCUT2D eigenvalue weighted by Crippen LogP contribution is 2.21. The summed E-state index contributed by atoms with van der Waals surface area (Å²) in [5.41, 5.74) is 0. The normalized spacial score (nSPS) is 27.6. The number of piperazine rings is 1. The summed E-state index contributed by atoms with van der Waals surface area (Å²) in [4.78, 5) is 28.9. The number of carbonyl (C=O) groups excluding carboxylic acids is 2. The molecule has 2 saturated heterocycles. The second-order valence-electron chi connectivity index (χ2n) is 7.38. The Bertz CT molecular complexity index is 433. The van der Waals surface area contributed by atoms with Crippen molar-refractivity contribution in [2.75, 3.05) is 32.7 Å². The molecule has 2 aliphatic heterocycles. The van der Waals surface area contributed by atoms with Crippen LogP contribution in [0.2, 0.25) is 0 Å². The van der Waals surface area contributed by atoms with E-state index < -0.39 is 0 Å². The molecule has 0 radical (unpaired) electrons. The molecule has 140 valence electrons. The summed E-state index contributed by atoms with van der Waals surface area (Å²) in [6, 6.07) is 0.501. The number of nitrogens with one attached hydrogen (secondary N) is 2. The Morgan fingerprint density at radius 3 is 2.62 bits per heavy atom. The SMILES string of the molecule is CC(C)CNC(=O)N1CCCC(C(=O)N2CCNC(C)C2C)C1.Cl. The first-order valence-corrected chi connectivity index (χ1v) is 8.96. The molecule has 0 spiro atoms. The predicted octanol–water partition coefficient (Wildman–Crippen LogP) is 1.69. The highest BCUT2D eigenvalue weighted by atomic mass is 35.5. The third kappa shape index (κ3) is 5.24. The van der Waals surface area contributed by atoms with Crippen molar-refractivity contribution in [3.63, 3.8) is 0 Å². The van der Waals surface area contributed by atoms with Gasteiger partial charge in [0, 0.05) is 44.8 Å². The van der Waals surface area contributed by atoms with Gasteiger partial charge in [-0.05, 0) is 32.6 Å². The first kappa shape index (κ1) is 21.0. The molecule has 3 unspecified atom stereocenters. The number of amides is 3. The van der Waals surface area contributed by atoms with Crippen LogP contribution in [-0.4, -0.2) is 66.5 Å². The van der Waals surface area contributed by atoms with Gasteiger partial charge in [-0.15, -0.1) is 12.4 Å². The third-order valence-corrected chi connectivity index (χ3v) is 5.04. The Morgan fingerprint density at radius 1 is 1.25 bits per heavy atom. The summed E-state index contributed by atoms with van der Waals surface area (Å²) < 4.78 is 0. The second kappa shape index (κ2) is 9.47. The molecule has 0 saturated carbocycles. The van der Waals surface area contributed by atoms with E-state index in [9.17, 15) is 9.59 Å². The van der Waals surface area contributed by atoms with Crippen molar-refractivity contribution < 1.29 is 9.59 Å². The number of carbonyl (C=O) groups is 2. The molecular formula is C17H33ClN4O2. The number of piperidine rings is 1. The lowest BCUT2D eigenvalue weighted by Gasteiger charge is -2.42. The van der Waals surface area contributed by atoms with Crippen molar-refractivity contribution in [3.05, 3.63) is 0 Å². The molecule has 2 rings (SSSR count). The maximum absolute atomic E-state index is 12.9. The molecule has 2 heterocycles. The van der Waals surface area contributed by atoms with Gasteiger partial charge in [-0.1, -0.05) is 13.8 Å². The van der Waals surface area contributed by atoms with Crippen LogP contribution >= 0.6 is 12.4 Å². The zero-order valence-electron chi connectivity index (χ0n) is 15.4. The number of nitrogens with zero attached hydrogens (tertiary/aromatic N) is 2. The highest BCUT2D eigenvalue weighted by Gasteiger charge is 2.35. The minimum Gasteiger partial charge on any atom is -0.338 e. The Labute approximate surface area is 152 Å². The smallest absolute Gasteiger partial charge is 0.317 e. The molecule has 0 aliphatic carbocycles. The van der Waals surface area contributed by atoms with Crippen molar-refractivity contribution in [3.8, 4) is 0 Å². The number of urea groups is 1. The van der Waals surface area contributed by atoms with Crippen LogP contribution in [0.1, 0.15) is 40.5 Å². The lowest BCUT2D eigenvalue weighted by atomic mass is 9.94. The van der Waals surface area contributed by atoms with E-state index in [1.807, 2.05) is 9.80 Å². The number of hydrogen-bond donors (Lipinski definition) is 2. The van der Waals surface area contributed by atoms with Gasteiger partial charge in [0.25, 0.3) is 0 Å². The number of hydrogen-bond acceptors (Lipinski definition) is 3. The van der Waals surface area contributed by atoms with Crippen LogP contribution < -0.4 is 10.6 Å². The van der Waals surface area contributed by atoms with Crippen LogP contribution in [0, 0.1) is 11.8 Å². The zero-order valence-corrected chi connectivity index (χ0v) is 16.2. The topological polar surface area (TPSA) is 64.7 Å². The molecule has 2 N–H and O–H groups in total. The summed E-state index contributed by atoms with van der Waals surface area (Å²) in [6.07, 6.45) is 1.79. The average Bonchev–Trinajstić information content (AvgIpc) is 2.54. The summed E-state index contributed by atoms with van der Waals surface area (Å²) in [6.45, 7) is 12.0. The Balaban J connectivity index is 0.00000288. The van der Waals surface area contributed by atoms with E-state index in [2.05, 4.69) is 38.3 Å². The van der Waals surface area contributed by atoms with Crippen molar-refractivity contribution in [1.82, 2.24) is 20.4 Å². The fourth-order valence-corrected chi connectivity index (χ4v) is 3.37. The maximum Gasteiger partial charge on any atom is 0.317 e. The summed E-state index contributed by atoms with van der Waals surface area (Å²) in [5, 5.41) is 6.36. The Kier molecular flexibility index (Phi) is 8.30. The van der Waals surface area contributed by atoms with Crippen LogP contribution in [0.15, 0.2) is 0 Å². The number of likely N-dealkylation sites (tertiary alicyclic amines) is 1. The quantitative estimate of drug-likeness (QED) is 0.805. The second-order valence-corrected chi connectivity index (χ2v) is 7.38. The van der Waals surface area contributed by atoms with Gasteiger partial charge in [-0.25, -0.2) is 4.79 Å². The first-order valence-electron chi connectivity index (χ1n) is 8.96. The fraction of sp³-hybridized carbons (Fsp3) is 0.882. The Hall–Kier alpha value is -1.01. The summed E-state index contributed by atoms with van der Waals surface area (Å²) in [7, 11) is 0. The molecule has 3 atom stereocenters. The first-order chi connectivity index (χ1) is 10.9. The predicted molar refractivity (Wildman–Crippen MR) is 98.4 cm³/mol. The molecule has 3 amide bonds. The van der Waals surface area contributed by atoms with Gasteiger partial charge < -0.3 is 20.4 Å². The van der Waals surface area contributed by atoms with E-state index in [0.29, 0.717) is 25.0 Å². The molecule has 6 nitrogen and oxygen atoms in total. The Morgan fingerprint density at radius 2 is 1.96 bits per heavy atom. The minimum atomic E-state index is -0.0544. The third-order valence-electron chi connectivity index (χ3n) is 5.04. The van der Waals surface area contributed by atoms with Crippen molar-refractivity contribution in [2.24, 2.45) is 11.8 Å². The zero-order chi connectivity index (χ0) is 17.0. The van der Waals surface area contributed by atoms with E-state index in [1.165, 1.54) is 0 Å². The van der Waals surface area contributed by atoms with Gasteiger partial charge >= 0.3 is 6.03 Å². The van der Waals surface area contributed by atoms with E-state index in [-0.39, 0.29) is 36.3 Å². The monoisotopic (exact) mass is 360 g/mol. The molecule has 2 aliphatic rings. The molecule has 0 aromatic heterocycles. The molecule has 24 heavy (non-hydrogen) atoms. The standard InChI is InChI=1S/C17H32N4O2.ClH/c1-12(2)10-19-17(23)20-8-5-6-15(11-20)16(22)21-9-7-18-13(3)14(21)4;/h12-15,18H,5-11H2,1-4H3,(H,19,23);1H. The van der Waals surface area contributed by atoms with Gasteiger partial charge in [0.2, 0.25) is 5.91 Å². The van der Waals surface area contributed by atoms with E-state index in [4.69, 9.17) is 0 Å². The summed E-state index contributed by atoms with van der Waals surface area (Å²) in [5.74, 6) is 0.595. The van der Waals surface area contributed by atoms with E-state index in [1.54, 1.807) is 0 Å². The van der Waals surface area contributed by atoms with E-state index in [0.717, 1.165) is 32.5 Å². The van der Waals surface area contributed by atoms with Gasteiger partial charge in [0.15, 0.2) is 0 Å². The maximum atomic E-state index is 12.9. The molecule has 0 aromatic carbocycles. The minimum absolute atomic E-state index is 0. The number of halogens is 1. The van der Waals surface area contributed by atoms with Crippen molar-refractivity contribution in [1.29, 1.82) is 0 Å².